The average Bonchev–Trinajstić information content (AvgIpc) is 2.81. The minimum Gasteiger partial charge on any atom is -0.385 e. The Morgan fingerprint density at radius 1 is 1.53 bits per heavy atom. The van der Waals surface area contributed by atoms with Crippen LogP contribution in [0.2, 0.25) is 0 Å². The van der Waals surface area contributed by atoms with Gasteiger partial charge in [0.2, 0.25) is 0 Å². The first kappa shape index (κ1) is 11.9. The van der Waals surface area contributed by atoms with E-state index in [4.69, 9.17) is 4.74 Å². The van der Waals surface area contributed by atoms with Crippen LogP contribution in [0.5, 0.6) is 0 Å². The van der Waals surface area contributed by atoms with Crippen molar-refractivity contribution >= 4 is 11.6 Å². The fourth-order valence-corrected chi connectivity index (χ4v) is 1.97. The van der Waals surface area contributed by atoms with Crippen LogP contribution in [-0.4, -0.2) is 32.7 Å². The zero-order valence-corrected chi connectivity index (χ0v) is 10.1. The molecule has 0 fully saturated rings. The molecule has 0 radical (unpaired) electrons. The Morgan fingerprint density at radius 3 is 3.24 bits per heavy atom. The average molecular weight is 234 g/mol. The molecule has 0 bridgehead atoms. The standard InChI is InChI=1S/C13H18N2O2/c1-17-8-2-6-15-13(16)11-3-4-12-10(9-11)5-7-14-12/h3-4,9,14H,2,5-8H2,1H3,(H,15,16). The van der Waals surface area contributed by atoms with Crippen molar-refractivity contribution in [2.45, 2.75) is 12.8 Å². The highest BCUT2D eigenvalue weighted by Gasteiger charge is 2.12. The maximum atomic E-state index is 11.8. The van der Waals surface area contributed by atoms with E-state index in [1.807, 2.05) is 18.2 Å². The molecule has 4 heteroatoms. The molecule has 4 nitrogen and oxygen atoms in total. The van der Waals surface area contributed by atoms with Crippen molar-refractivity contribution in [3.8, 4) is 0 Å². The van der Waals surface area contributed by atoms with Crippen molar-refractivity contribution in [3.63, 3.8) is 0 Å². The summed E-state index contributed by atoms with van der Waals surface area (Å²) in [6.07, 6.45) is 1.84. The van der Waals surface area contributed by atoms with Gasteiger partial charge in [-0.3, -0.25) is 4.79 Å². The Kier molecular flexibility index (Phi) is 3.98. The Bertz CT molecular complexity index is 404. The number of fused-ring (bicyclic) bond motifs is 1. The van der Waals surface area contributed by atoms with Crippen molar-refractivity contribution in [1.82, 2.24) is 5.32 Å². The van der Waals surface area contributed by atoms with Crippen molar-refractivity contribution in [1.29, 1.82) is 0 Å². The number of methoxy groups -OCH3 is 1. The summed E-state index contributed by atoms with van der Waals surface area (Å²) in [6, 6.07) is 5.82. The molecule has 0 aliphatic carbocycles. The van der Waals surface area contributed by atoms with E-state index >= 15 is 0 Å². The molecule has 1 heterocycles. The van der Waals surface area contributed by atoms with Gasteiger partial charge in [0.1, 0.15) is 0 Å². The van der Waals surface area contributed by atoms with Gasteiger partial charge in [-0.1, -0.05) is 0 Å². The summed E-state index contributed by atoms with van der Waals surface area (Å²) in [6.45, 7) is 2.30. The molecule has 0 atom stereocenters. The van der Waals surface area contributed by atoms with Crippen molar-refractivity contribution < 1.29 is 9.53 Å². The van der Waals surface area contributed by atoms with Gasteiger partial charge >= 0.3 is 0 Å². The van der Waals surface area contributed by atoms with Gasteiger partial charge in [0.05, 0.1) is 0 Å². The lowest BCUT2D eigenvalue weighted by molar-refractivity contribution is 0.0948. The third kappa shape index (κ3) is 2.97. The van der Waals surface area contributed by atoms with Gasteiger partial charge in [-0.15, -0.1) is 0 Å². The highest BCUT2D eigenvalue weighted by atomic mass is 16.5. The van der Waals surface area contributed by atoms with E-state index in [-0.39, 0.29) is 5.91 Å². The Balaban J connectivity index is 1.91. The second-order valence-electron chi connectivity index (χ2n) is 4.15. The van der Waals surface area contributed by atoms with E-state index in [0.29, 0.717) is 13.2 Å². The number of nitrogens with one attached hydrogen (secondary N) is 2. The molecule has 0 saturated carbocycles. The fraction of sp³-hybridized carbons (Fsp3) is 0.462. The quantitative estimate of drug-likeness (QED) is 0.758. The third-order valence-corrected chi connectivity index (χ3v) is 2.89. The minimum absolute atomic E-state index is 0.00389. The van der Waals surface area contributed by atoms with Gasteiger partial charge in [0.25, 0.3) is 5.91 Å². The molecule has 1 aromatic rings. The lowest BCUT2D eigenvalue weighted by Gasteiger charge is -2.06. The van der Waals surface area contributed by atoms with Crippen LogP contribution in [-0.2, 0) is 11.2 Å². The molecule has 0 saturated heterocycles. The van der Waals surface area contributed by atoms with E-state index < -0.39 is 0 Å². The highest BCUT2D eigenvalue weighted by molar-refractivity contribution is 5.95. The maximum Gasteiger partial charge on any atom is 0.251 e. The Hall–Kier alpha value is -1.55. The van der Waals surface area contributed by atoms with Crippen LogP contribution in [0.1, 0.15) is 22.3 Å². The smallest absolute Gasteiger partial charge is 0.251 e. The van der Waals surface area contributed by atoms with E-state index in [0.717, 1.165) is 30.6 Å². The summed E-state index contributed by atoms with van der Waals surface area (Å²) in [5.41, 5.74) is 3.13. The van der Waals surface area contributed by atoms with Gasteiger partial charge in [-0.2, -0.15) is 0 Å². The molecule has 2 rings (SSSR count). The van der Waals surface area contributed by atoms with Gasteiger partial charge < -0.3 is 15.4 Å². The number of hydrogen-bond donors (Lipinski definition) is 2. The van der Waals surface area contributed by atoms with Crippen LogP contribution < -0.4 is 10.6 Å². The van der Waals surface area contributed by atoms with Gasteiger partial charge in [-0.05, 0) is 36.6 Å². The lowest BCUT2D eigenvalue weighted by atomic mass is 10.1. The number of amides is 1. The SMILES string of the molecule is COCCCNC(=O)c1ccc2c(c1)CCN2. The maximum absolute atomic E-state index is 11.8. The minimum atomic E-state index is -0.00389. The largest absolute Gasteiger partial charge is 0.385 e. The predicted molar refractivity (Wildman–Crippen MR) is 67.5 cm³/mol. The van der Waals surface area contributed by atoms with E-state index in [1.54, 1.807) is 7.11 Å². The predicted octanol–water partition coefficient (Wildman–Crippen LogP) is 1.42. The van der Waals surface area contributed by atoms with Crippen LogP contribution in [0.15, 0.2) is 18.2 Å². The van der Waals surface area contributed by atoms with Gasteiger partial charge in [-0.25, -0.2) is 0 Å². The van der Waals surface area contributed by atoms with Crippen LogP contribution in [0.4, 0.5) is 5.69 Å². The molecule has 92 valence electrons. The molecule has 17 heavy (non-hydrogen) atoms. The Labute approximate surface area is 101 Å². The van der Waals surface area contributed by atoms with Crippen molar-refractivity contribution in [3.05, 3.63) is 29.3 Å². The summed E-state index contributed by atoms with van der Waals surface area (Å²) in [5.74, 6) is -0.00389. The summed E-state index contributed by atoms with van der Waals surface area (Å²) in [5, 5.41) is 6.16. The molecular weight excluding hydrogens is 216 g/mol. The molecular formula is C13H18N2O2. The zero-order valence-electron chi connectivity index (χ0n) is 10.1. The number of hydrogen-bond acceptors (Lipinski definition) is 3. The van der Waals surface area contributed by atoms with Crippen LogP contribution >= 0.6 is 0 Å². The normalized spacial score (nSPS) is 13.0. The molecule has 2 N–H and O–H groups in total. The molecule has 1 aliphatic heterocycles. The summed E-state index contributed by atoms with van der Waals surface area (Å²) in [7, 11) is 1.66. The number of rotatable bonds is 5. The number of carbonyl (C=O) groups is 1. The first-order valence-electron chi connectivity index (χ1n) is 5.95. The van der Waals surface area contributed by atoms with E-state index in [2.05, 4.69) is 10.6 Å². The molecule has 0 unspecified atom stereocenters. The number of ether oxygens (including phenoxy) is 1. The topological polar surface area (TPSA) is 50.4 Å². The molecule has 1 amide bonds. The van der Waals surface area contributed by atoms with E-state index in [9.17, 15) is 4.79 Å². The lowest BCUT2D eigenvalue weighted by Crippen LogP contribution is -2.25. The molecule has 0 spiro atoms. The molecule has 1 aromatic carbocycles. The monoisotopic (exact) mass is 234 g/mol. The summed E-state index contributed by atoms with van der Waals surface area (Å²) >= 11 is 0. The third-order valence-electron chi connectivity index (χ3n) is 2.89. The number of anilines is 1. The second kappa shape index (κ2) is 5.68. The number of carbonyl (C=O) groups excluding carboxylic acids is 1. The van der Waals surface area contributed by atoms with Crippen LogP contribution in [0.25, 0.3) is 0 Å². The van der Waals surface area contributed by atoms with Crippen molar-refractivity contribution in [2.24, 2.45) is 0 Å². The van der Waals surface area contributed by atoms with E-state index in [1.165, 1.54) is 5.56 Å². The van der Waals surface area contributed by atoms with Gasteiger partial charge in [0.15, 0.2) is 0 Å². The molecule has 1 aliphatic rings. The number of benzene rings is 1. The van der Waals surface area contributed by atoms with Crippen LogP contribution in [0, 0.1) is 0 Å². The summed E-state index contributed by atoms with van der Waals surface area (Å²) < 4.78 is 4.93. The summed E-state index contributed by atoms with van der Waals surface area (Å²) in [4.78, 5) is 11.8. The highest BCUT2D eigenvalue weighted by Crippen LogP contribution is 2.22. The van der Waals surface area contributed by atoms with Crippen LogP contribution in [0.3, 0.4) is 0 Å². The fourth-order valence-electron chi connectivity index (χ4n) is 1.97. The zero-order chi connectivity index (χ0) is 12.1. The second-order valence-corrected chi connectivity index (χ2v) is 4.15. The van der Waals surface area contributed by atoms with Gasteiger partial charge in [0, 0.05) is 38.1 Å². The first-order chi connectivity index (χ1) is 8.31. The first-order valence-corrected chi connectivity index (χ1v) is 5.95. The molecule has 0 aromatic heterocycles. The van der Waals surface area contributed by atoms with Crippen molar-refractivity contribution in [2.75, 3.05) is 32.1 Å². The Morgan fingerprint density at radius 2 is 2.41 bits per heavy atom.